The molecule has 2 amide bonds. The summed E-state index contributed by atoms with van der Waals surface area (Å²) in [5, 5.41) is 13.0. The van der Waals surface area contributed by atoms with Crippen LogP contribution in [0.2, 0.25) is 0 Å². The van der Waals surface area contributed by atoms with Crippen LogP contribution in [0.25, 0.3) is 0 Å². The highest BCUT2D eigenvalue weighted by Crippen LogP contribution is 2.58. The number of nitrogens with two attached hydrogens (primary N) is 1. The van der Waals surface area contributed by atoms with Gasteiger partial charge in [0.1, 0.15) is 17.5 Å². The number of aliphatic carboxylic acids is 1. The number of rotatable bonds is 6. The molecule has 2 aliphatic heterocycles. The molecule has 4 N–H and O–H groups in total. The molecule has 2 heterocycles. The third-order valence-electron chi connectivity index (χ3n) is 7.65. The first-order valence-corrected chi connectivity index (χ1v) is 11.7. The Balaban J connectivity index is 1.21. The summed E-state index contributed by atoms with van der Waals surface area (Å²) < 4.78 is 5.86. The Hall–Kier alpha value is -3.39. The van der Waals surface area contributed by atoms with Gasteiger partial charge in [0.15, 0.2) is 0 Å². The van der Waals surface area contributed by atoms with Gasteiger partial charge in [-0.3, -0.25) is 14.4 Å². The lowest BCUT2D eigenvalue weighted by molar-refractivity contribution is -0.150. The van der Waals surface area contributed by atoms with Gasteiger partial charge in [-0.25, -0.2) is 0 Å². The van der Waals surface area contributed by atoms with Gasteiger partial charge in [0.05, 0.1) is 5.92 Å². The van der Waals surface area contributed by atoms with Crippen LogP contribution >= 0.6 is 0 Å². The van der Waals surface area contributed by atoms with Crippen LogP contribution in [0.15, 0.2) is 54.6 Å². The molecule has 5 rings (SSSR count). The summed E-state index contributed by atoms with van der Waals surface area (Å²) in [6.45, 7) is 1.59. The molecule has 3 aliphatic rings. The number of para-hydroxylation sites is 1. The third kappa shape index (κ3) is 4.25. The molecule has 34 heavy (non-hydrogen) atoms. The van der Waals surface area contributed by atoms with Crippen molar-refractivity contribution in [1.82, 2.24) is 10.2 Å². The summed E-state index contributed by atoms with van der Waals surface area (Å²) in [6, 6.07) is 16.7. The van der Waals surface area contributed by atoms with E-state index in [4.69, 9.17) is 10.5 Å². The molecule has 2 aromatic carbocycles. The molecule has 1 spiro atoms. The number of nitrogens with one attached hydrogen (secondary N) is 1. The van der Waals surface area contributed by atoms with Crippen molar-refractivity contribution < 1.29 is 24.2 Å². The smallest absolute Gasteiger partial charge is 0.308 e. The molecule has 8 heteroatoms. The van der Waals surface area contributed by atoms with Gasteiger partial charge in [-0.1, -0.05) is 30.3 Å². The Labute approximate surface area is 198 Å². The SMILES string of the molecule is NC(=O)C1CC12CNC(C(=O)N1CCC(c3ccc(Oc4ccccc4)cc3)C1)C(C(=O)O)C2. The standard InChI is InChI=1S/C26H29N3O5/c27-23(30)21-13-26(21)12-20(25(32)33)22(28-15-26)24(31)29-11-10-17(14-29)16-6-8-19(9-7-16)34-18-4-2-1-3-5-18/h1-9,17,20-22,28H,10-15H2,(H2,27,30)(H,32,33). The minimum atomic E-state index is -1.01. The molecule has 0 radical (unpaired) electrons. The van der Waals surface area contributed by atoms with Crippen LogP contribution in [0.5, 0.6) is 11.5 Å². The van der Waals surface area contributed by atoms with Gasteiger partial charge in [-0.2, -0.15) is 0 Å². The first-order valence-electron chi connectivity index (χ1n) is 11.7. The molecular weight excluding hydrogens is 434 g/mol. The number of likely N-dealkylation sites (tertiary alicyclic amines) is 1. The molecule has 0 aromatic heterocycles. The quantitative estimate of drug-likeness (QED) is 0.605. The zero-order valence-corrected chi connectivity index (χ0v) is 18.9. The number of carboxylic acids is 1. The van der Waals surface area contributed by atoms with Gasteiger partial charge >= 0.3 is 5.97 Å². The van der Waals surface area contributed by atoms with E-state index in [0.717, 1.165) is 23.5 Å². The maximum absolute atomic E-state index is 13.3. The fraction of sp³-hybridized carbons (Fsp3) is 0.423. The van der Waals surface area contributed by atoms with Crippen molar-refractivity contribution in [2.75, 3.05) is 19.6 Å². The van der Waals surface area contributed by atoms with Crippen LogP contribution in [0.3, 0.4) is 0 Å². The number of carboxylic acid groups (broad SMARTS) is 1. The average molecular weight is 464 g/mol. The second-order valence-electron chi connectivity index (χ2n) is 9.78. The van der Waals surface area contributed by atoms with E-state index in [-0.39, 0.29) is 17.7 Å². The van der Waals surface area contributed by atoms with E-state index in [9.17, 15) is 19.5 Å². The minimum absolute atomic E-state index is 0.176. The van der Waals surface area contributed by atoms with Crippen molar-refractivity contribution in [3.8, 4) is 11.5 Å². The summed E-state index contributed by atoms with van der Waals surface area (Å²) in [5.74, 6) is -1.03. The maximum Gasteiger partial charge on any atom is 0.308 e. The van der Waals surface area contributed by atoms with Crippen LogP contribution in [-0.4, -0.2) is 53.5 Å². The number of benzene rings is 2. The zero-order chi connectivity index (χ0) is 23.9. The Morgan fingerprint density at radius 2 is 1.74 bits per heavy atom. The van der Waals surface area contributed by atoms with Gasteiger partial charge < -0.3 is 25.8 Å². The lowest BCUT2D eigenvalue weighted by Crippen LogP contribution is -2.57. The molecular formula is C26H29N3O5. The van der Waals surface area contributed by atoms with Crippen molar-refractivity contribution in [1.29, 1.82) is 0 Å². The van der Waals surface area contributed by atoms with E-state index in [1.54, 1.807) is 4.90 Å². The fourth-order valence-electron chi connectivity index (χ4n) is 5.61. The Morgan fingerprint density at radius 1 is 1.03 bits per heavy atom. The Morgan fingerprint density at radius 3 is 2.38 bits per heavy atom. The topological polar surface area (TPSA) is 122 Å². The van der Waals surface area contributed by atoms with Crippen LogP contribution in [0.1, 0.15) is 30.7 Å². The zero-order valence-electron chi connectivity index (χ0n) is 18.9. The predicted octanol–water partition coefficient (Wildman–Crippen LogP) is 2.35. The van der Waals surface area contributed by atoms with Gasteiger partial charge in [-0.15, -0.1) is 0 Å². The van der Waals surface area contributed by atoms with E-state index in [0.29, 0.717) is 32.5 Å². The molecule has 2 saturated heterocycles. The second kappa shape index (κ2) is 8.76. The summed E-state index contributed by atoms with van der Waals surface area (Å²) >= 11 is 0. The summed E-state index contributed by atoms with van der Waals surface area (Å²) in [5.41, 5.74) is 6.15. The summed E-state index contributed by atoms with van der Waals surface area (Å²) in [4.78, 5) is 38.6. The van der Waals surface area contributed by atoms with Crippen LogP contribution in [-0.2, 0) is 14.4 Å². The van der Waals surface area contributed by atoms with Crippen molar-refractivity contribution in [2.45, 2.75) is 31.2 Å². The molecule has 2 aromatic rings. The van der Waals surface area contributed by atoms with Gasteiger partial charge in [0, 0.05) is 31.5 Å². The summed E-state index contributed by atoms with van der Waals surface area (Å²) in [7, 11) is 0. The second-order valence-corrected chi connectivity index (χ2v) is 9.78. The number of carbonyl (C=O) groups is 3. The Bertz CT molecular complexity index is 1090. The lowest BCUT2D eigenvalue weighted by Gasteiger charge is -2.36. The highest BCUT2D eigenvalue weighted by Gasteiger charge is 2.62. The minimum Gasteiger partial charge on any atom is -0.481 e. The number of carbonyl (C=O) groups excluding carboxylic acids is 2. The van der Waals surface area contributed by atoms with Crippen LogP contribution in [0.4, 0.5) is 0 Å². The van der Waals surface area contributed by atoms with E-state index in [1.807, 2.05) is 54.6 Å². The number of ether oxygens (including phenoxy) is 1. The van der Waals surface area contributed by atoms with Crippen molar-refractivity contribution in [2.24, 2.45) is 23.0 Å². The van der Waals surface area contributed by atoms with E-state index in [1.165, 1.54) is 0 Å². The molecule has 3 fully saturated rings. The summed E-state index contributed by atoms with van der Waals surface area (Å²) in [6.07, 6.45) is 1.72. The number of hydrogen-bond acceptors (Lipinski definition) is 5. The van der Waals surface area contributed by atoms with E-state index < -0.39 is 29.3 Å². The average Bonchev–Trinajstić information content (AvgIpc) is 3.31. The molecule has 1 saturated carbocycles. The van der Waals surface area contributed by atoms with Gasteiger partial charge in [0.25, 0.3) is 0 Å². The first kappa shape index (κ1) is 22.4. The molecule has 5 unspecified atom stereocenters. The lowest BCUT2D eigenvalue weighted by atomic mass is 9.80. The van der Waals surface area contributed by atoms with Crippen LogP contribution < -0.4 is 15.8 Å². The molecule has 1 aliphatic carbocycles. The molecule has 5 atom stereocenters. The van der Waals surface area contributed by atoms with E-state index in [2.05, 4.69) is 5.32 Å². The van der Waals surface area contributed by atoms with Crippen molar-refractivity contribution in [3.05, 3.63) is 60.2 Å². The number of primary amides is 1. The first-order chi connectivity index (χ1) is 16.4. The number of nitrogens with zero attached hydrogens (tertiary/aromatic N) is 1. The normalized spacial score (nSPS) is 30.2. The van der Waals surface area contributed by atoms with Crippen LogP contribution in [0, 0.1) is 17.3 Å². The van der Waals surface area contributed by atoms with Crippen molar-refractivity contribution in [3.63, 3.8) is 0 Å². The number of amides is 2. The number of piperidine rings is 1. The highest BCUT2D eigenvalue weighted by atomic mass is 16.5. The maximum atomic E-state index is 13.3. The van der Waals surface area contributed by atoms with Gasteiger partial charge in [-0.05, 0) is 54.5 Å². The van der Waals surface area contributed by atoms with Crippen molar-refractivity contribution >= 4 is 17.8 Å². The monoisotopic (exact) mass is 463 g/mol. The van der Waals surface area contributed by atoms with E-state index >= 15 is 0 Å². The Kier molecular flexibility index (Phi) is 5.77. The van der Waals surface area contributed by atoms with Gasteiger partial charge in [0.2, 0.25) is 11.8 Å². The molecule has 0 bridgehead atoms. The largest absolute Gasteiger partial charge is 0.481 e. The fourth-order valence-corrected chi connectivity index (χ4v) is 5.61. The number of hydrogen-bond donors (Lipinski definition) is 3. The third-order valence-corrected chi connectivity index (χ3v) is 7.65. The predicted molar refractivity (Wildman–Crippen MR) is 124 cm³/mol. The highest BCUT2D eigenvalue weighted by molar-refractivity contribution is 5.89. The molecule has 178 valence electrons. The molecule has 8 nitrogen and oxygen atoms in total.